The fourth-order valence-corrected chi connectivity index (χ4v) is 1.88. The van der Waals surface area contributed by atoms with Gasteiger partial charge in [-0.1, -0.05) is 18.2 Å². The molecule has 2 heterocycles. The molecule has 1 aliphatic heterocycles. The van der Waals surface area contributed by atoms with Crippen molar-refractivity contribution in [1.29, 1.82) is 0 Å². The number of nitrogens with one attached hydrogen (secondary N) is 1. The Morgan fingerprint density at radius 1 is 1.20 bits per heavy atom. The molecule has 1 N–H and O–H groups in total. The van der Waals surface area contributed by atoms with E-state index in [1.54, 1.807) is 12.1 Å². The van der Waals surface area contributed by atoms with E-state index in [0.29, 0.717) is 12.1 Å². The van der Waals surface area contributed by atoms with Gasteiger partial charge in [-0.15, -0.1) is 0 Å². The van der Waals surface area contributed by atoms with Crippen molar-refractivity contribution >= 4 is 16.9 Å². The van der Waals surface area contributed by atoms with Crippen LogP contribution < -0.4 is 10.9 Å². The van der Waals surface area contributed by atoms with Crippen LogP contribution in [0.1, 0.15) is 15.9 Å². The molecule has 0 radical (unpaired) electrons. The normalized spacial score (nSPS) is 14.0. The molecule has 0 fully saturated rings. The Morgan fingerprint density at radius 3 is 2.87 bits per heavy atom. The molecule has 0 bridgehead atoms. The van der Waals surface area contributed by atoms with E-state index in [0.717, 1.165) is 10.9 Å². The summed E-state index contributed by atoms with van der Waals surface area (Å²) in [5, 5.41) is 3.44. The quantitative estimate of drug-likeness (QED) is 0.648. The Kier molecular flexibility index (Phi) is 1.48. The number of hydrogen-bond donors (Lipinski definition) is 1. The number of amides is 1. The number of benzene rings is 1. The lowest BCUT2D eigenvalue weighted by atomic mass is 10.1. The average Bonchev–Trinajstić information content (AvgIpc) is 2.62. The van der Waals surface area contributed by atoms with Gasteiger partial charge in [0.25, 0.3) is 5.91 Å². The predicted molar refractivity (Wildman–Crippen MR) is 53.7 cm³/mol. The number of hydrogen-bond acceptors (Lipinski definition) is 3. The zero-order valence-corrected chi connectivity index (χ0v) is 7.74. The third kappa shape index (κ3) is 1.01. The molecule has 3 rings (SSSR count). The highest BCUT2D eigenvalue weighted by atomic mass is 16.4. The second-order valence-electron chi connectivity index (χ2n) is 3.42. The zero-order valence-electron chi connectivity index (χ0n) is 7.74. The van der Waals surface area contributed by atoms with Crippen LogP contribution in [0.2, 0.25) is 0 Å². The summed E-state index contributed by atoms with van der Waals surface area (Å²) in [4.78, 5) is 22.9. The van der Waals surface area contributed by atoms with Crippen LogP contribution in [0.4, 0.5) is 0 Å². The van der Waals surface area contributed by atoms with Crippen molar-refractivity contribution < 1.29 is 9.21 Å². The molecular weight excluding hydrogens is 194 g/mol. The maximum absolute atomic E-state index is 11.5. The highest BCUT2D eigenvalue weighted by Gasteiger charge is 2.25. The first-order valence-corrected chi connectivity index (χ1v) is 4.60. The van der Waals surface area contributed by atoms with Gasteiger partial charge >= 0.3 is 5.63 Å². The van der Waals surface area contributed by atoms with E-state index < -0.39 is 5.63 Å². The van der Waals surface area contributed by atoms with Crippen molar-refractivity contribution in [3.63, 3.8) is 0 Å². The Balaban J connectivity index is 2.54. The third-order valence-corrected chi connectivity index (χ3v) is 2.57. The minimum Gasteiger partial charge on any atom is -0.422 e. The van der Waals surface area contributed by atoms with Gasteiger partial charge in [0.05, 0.1) is 0 Å². The topological polar surface area (TPSA) is 59.3 Å². The van der Waals surface area contributed by atoms with Crippen molar-refractivity contribution in [3.8, 4) is 0 Å². The van der Waals surface area contributed by atoms with Crippen LogP contribution in [-0.4, -0.2) is 5.91 Å². The first-order valence-electron chi connectivity index (χ1n) is 4.60. The molecule has 0 atom stereocenters. The molecule has 0 saturated heterocycles. The van der Waals surface area contributed by atoms with Crippen LogP contribution in [0.5, 0.6) is 0 Å². The molecule has 1 aromatic heterocycles. The predicted octanol–water partition coefficient (Wildman–Crippen LogP) is 1.04. The smallest absolute Gasteiger partial charge is 0.349 e. The van der Waals surface area contributed by atoms with Gasteiger partial charge in [-0.2, -0.15) is 0 Å². The number of fused-ring (bicyclic) bond motifs is 3. The van der Waals surface area contributed by atoms with Gasteiger partial charge in [-0.25, -0.2) is 4.79 Å². The molecule has 0 unspecified atom stereocenters. The Labute approximate surface area is 84.5 Å². The van der Waals surface area contributed by atoms with Gasteiger partial charge in [0.15, 0.2) is 0 Å². The van der Waals surface area contributed by atoms with Crippen LogP contribution >= 0.6 is 0 Å². The lowest BCUT2D eigenvalue weighted by molar-refractivity contribution is 0.0963. The Hall–Kier alpha value is -2.10. The summed E-state index contributed by atoms with van der Waals surface area (Å²) >= 11 is 0. The van der Waals surface area contributed by atoms with Crippen LogP contribution in [-0.2, 0) is 6.54 Å². The summed E-state index contributed by atoms with van der Waals surface area (Å²) < 4.78 is 5.06. The van der Waals surface area contributed by atoms with Crippen molar-refractivity contribution in [2.24, 2.45) is 0 Å². The van der Waals surface area contributed by atoms with E-state index >= 15 is 0 Å². The first kappa shape index (κ1) is 8.23. The molecule has 15 heavy (non-hydrogen) atoms. The van der Waals surface area contributed by atoms with E-state index in [9.17, 15) is 9.59 Å². The zero-order chi connectivity index (χ0) is 10.4. The van der Waals surface area contributed by atoms with Crippen molar-refractivity contribution in [2.75, 3.05) is 0 Å². The minimum absolute atomic E-state index is 0.147. The van der Waals surface area contributed by atoms with Crippen LogP contribution in [0.3, 0.4) is 0 Å². The summed E-state index contributed by atoms with van der Waals surface area (Å²) in [6.07, 6.45) is 0. The molecule has 1 aromatic carbocycles. The first-order chi connectivity index (χ1) is 7.27. The van der Waals surface area contributed by atoms with E-state index in [1.165, 1.54) is 0 Å². The number of para-hydroxylation sites is 1. The molecular formula is C11H7NO3. The lowest BCUT2D eigenvalue weighted by Crippen LogP contribution is -2.18. The second-order valence-corrected chi connectivity index (χ2v) is 3.42. The largest absolute Gasteiger partial charge is 0.422 e. The maximum Gasteiger partial charge on any atom is 0.349 e. The average molecular weight is 201 g/mol. The summed E-state index contributed by atoms with van der Waals surface area (Å²) in [7, 11) is 0. The maximum atomic E-state index is 11.5. The monoisotopic (exact) mass is 201 g/mol. The molecule has 0 aliphatic carbocycles. The minimum atomic E-state index is -0.557. The molecule has 74 valence electrons. The number of carbonyl (C=O) groups excluding carboxylic acids is 1. The van der Waals surface area contributed by atoms with Gasteiger partial charge in [0.1, 0.15) is 11.1 Å². The fourth-order valence-electron chi connectivity index (χ4n) is 1.88. The molecule has 4 nitrogen and oxygen atoms in total. The van der Waals surface area contributed by atoms with E-state index in [4.69, 9.17) is 4.42 Å². The van der Waals surface area contributed by atoms with Gasteiger partial charge in [0, 0.05) is 17.5 Å². The summed E-state index contributed by atoms with van der Waals surface area (Å²) in [6.45, 7) is 0.403. The summed E-state index contributed by atoms with van der Waals surface area (Å²) in [5.41, 5.74) is 0.858. The molecule has 4 heteroatoms. The fraction of sp³-hybridized carbons (Fsp3) is 0.0909. The van der Waals surface area contributed by atoms with Crippen molar-refractivity contribution in [2.45, 2.75) is 6.54 Å². The van der Waals surface area contributed by atoms with Gasteiger partial charge in [-0.05, 0) is 6.07 Å². The van der Waals surface area contributed by atoms with E-state index in [2.05, 4.69) is 5.32 Å². The number of rotatable bonds is 0. The molecule has 0 spiro atoms. The Bertz CT molecular complexity index is 627. The number of carbonyl (C=O) groups is 1. The standard InChI is InChI=1S/C11H7NO3/c13-10-9-7(5-12-10)6-3-1-2-4-8(6)15-11(9)14/h1-4H,5H2,(H,12,13). The van der Waals surface area contributed by atoms with Crippen LogP contribution in [0.15, 0.2) is 33.5 Å². The SMILES string of the molecule is O=C1NCc2c1c(=O)oc1ccccc21. The second kappa shape index (κ2) is 2.70. The van der Waals surface area contributed by atoms with Gasteiger partial charge < -0.3 is 9.73 Å². The molecule has 0 saturated carbocycles. The third-order valence-electron chi connectivity index (χ3n) is 2.57. The molecule has 1 amide bonds. The highest BCUT2D eigenvalue weighted by molar-refractivity contribution is 6.02. The van der Waals surface area contributed by atoms with E-state index in [-0.39, 0.29) is 11.5 Å². The van der Waals surface area contributed by atoms with E-state index in [1.807, 2.05) is 12.1 Å². The van der Waals surface area contributed by atoms with Gasteiger partial charge in [0.2, 0.25) is 0 Å². The summed E-state index contributed by atoms with van der Waals surface area (Å²) in [6, 6.07) is 7.21. The van der Waals surface area contributed by atoms with Crippen LogP contribution in [0, 0.1) is 0 Å². The van der Waals surface area contributed by atoms with Crippen LogP contribution in [0.25, 0.3) is 11.0 Å². The van der Waals surface area contributed by atoms with Crippen molar-refractivity contribution in [3.05, 3.63) is 45.8 Å². The molecule has 1 aliphatic rings. The highest BCUT2D eigenvalue weighted by Crippen LogP contribution is 2.22. The Morgan fingerprint density at radius 2 is 2.00 bits per heavy atom. The lowest BCUT2D eigenvalue weighted by Gasteiger charge is -2.00. The molecule has 2 aromatic rings. The summed E-state index contributed by atoms with van der Waals surface area (Å²) in [5.74, 6) is -0.343. The van der Waals surface area contributed by atoms with Crippen molar-refractivity contribution in [1.82, 2.24) is 5.32 Å². The van der Waals surface area contributed by atoms with Gasteiger partial charge in [-0.3, -0.25) is 4.79 Å².